The first kappa shape index (κ1) is 23.0. The highest BCUT2D eigenvalue weighted by atomic mass is 19.4. The van der Waals surface area contributed by atoms with Crippen molar-refractivity contribution in [1.29, 1.82) is 5.26 Å². The lowest BCUT2D eigenvalue weighted by Crippen LogP contribution is -2.55. The van der Waals surface area contributed by atoms with Gasteiger partial charge in [0.05, 0.1) is 23.4 Å². The average Bonchev–Trinajstić information content (AvgIpc) is 3.18. The van der Waals surface area contributed by atoms with Crippen molar-refractivity contribution in [3.8, 4) is 6.07 Å². The van der Waals surface area contributed by atoms with E-state index >= 15 is 0 Å². The lowest BCUT2D eigenvalue weighted by Gasteiger charge is -2.40. The van der Waals surface area contributed by atoms with Crippen LogP contribution in [-0.2, 0) is 11.0 Å². The van der Waals surface area contributed by atoms with E-state index in [-0.39, 0.29) is 42.1 Å². The second-order valence-electron chi connectivity index (χ2n) is 7.64. The molecule has 0 fully saturated rings. The van der Waals surface area contributed by atoms with Crippen LogP contribution in [0, 0.1) is 11.3 Å². The van der Waals surface area contributed by atoms with Crippen LogP contribution in [0.25, 0.3) is 0 Å². The molecule has 1 aromatic heterocycles. The minimum Gasteiger partial charge on any atom is -0.338 e. The summed E-state index contributed by atoms with van der Waals surface area (Å²) in [7, 11) is 0. The number of nitrogens with one attached hydrogen (secondary N) is 1. The summed E-state index contributed by atoms with van der Waals surface area (Å²) in [6, 6.07) is 7.21. The Labute approximate surface area is 192 Å². The molecule has 0 radical (unpaired) electrons. The second kappa shape index (κ2) is 8.62. The lowest BCUT2D eigenvalue weighted by molar-refractivity contribution is -0.141. The Morgan fingerprint density at radius 3 is 2.53 bits per heavy atom. The zero-order valence-corrected chi connectivity index (χ0v) is 17.9. The van der Waals surface area contributed by atoms with Gasteiger partial charge in [-0.15, -0.1) is 0 Å². The third-order valence-electron chi connectivity index (χ3n) is 5.59. The van der Waals surface area contributed by atoms with Gasteiger partial charge in [0.25, 0.3) is 0 Å². The number of alkyl halides is 3. The fourth-order valence-electron chi connectivity index (χ4n) is 4.14. The van der Waals surface area contributed by atoms with E-state index in [0.717, 1.165) is 16.0 Å². The summed E-state index contributed by atoms with van der Waals surface area (Å²) < 4.78 is 39.9. The molecule has 174 valence electrons. The Kier molecular flexibility index (Phi) is 5.83. The molecule has 11 heteroatoms. The third kappa shape index (κ3) is 3.87. The molecule has 2 aromatic rings. The molecular weight excluding hydrogens is 451 g/mol. The van der Waals surface area contributed by atoms with Crippen LogP contribution in [0.4, 0.5) is 28.4 Å². The molecule has 2 aliphatic rings. The number of pyridine rings is 1. The molecule has 1 atom stereocenters. The maximum atomic E-state index is 13.7. The zero-order valence-electron chi connectivity index (χ0n) is 17.9. The molecule has 34 heavy (non-hydrogen) atoms. The van der Waals surface area contributed by atoms with E-state index in [2.05, 4.69) is 10.3 Å². The monoisotopic (exact) mass is 469 g/mol. The maximum Gasteiger partial charge on any atom is 0.433 e. The number of amides is 4. The van der Waals surface area contributed by atoms with Crippen molar-refractivity contribution in [3.05, 3.63) is 70.7 Å². The summed E-state index contributed by atoms with van der Waals surface area (Å²) >= 11 is 0. The molecule has 2 heterocycles. The van der Waals surface area contributed by atoms with Gasteiger partial charge in [-0.3, -0.25) is 14.7 Å². The van der Waals surface area contributed by atoms with E-state index in [1.54, 1.807) is 19.1 Å². The molecule has 4 rings (SSSR count). The first-order valence-corrected chi connectivity index (χ1v) is 10.4. The van der Waals surface area contributed by atoms with Crippen LogP contribution in [0.15, 0.2) is 53.9 Å². The van der Waals surface area contributed by atoms with Crippen LogP contribution in [-0.4, -0.2) is 34.3 Å². The van der Waals surface area contributed by atoms with Gasteiger partial charge in [0.1, 0.15) is 5.69 Å². The molecular formula is C23H18F3N5O3. The molecule has 4 amide bonds. The van der Waals surface area contributed by atoms with Gasteiger partial charge in [-0.05, 0) is 43.2 Å². The Morgan fingerprint density at radius 2 is 1.91 bits per heavy atom. The summed E-state index contributed by atoms with van der Waals surface area (Å²) in [6.45, 7) is 1.82. The van der Waals surface area contributed by atoms with Crippen LogP contribution in [0.5, 0.6) is 0 Å². The number of nitriles is 1. The van der Waals surface area contributed by atoms with E-state index in [1.165, 1.54) is 18.2 Å². The number of allylic oxidation sites excluding steroid dienone is 1. The number of urea groups is 2. The predicted octanol–water partition coefficient (Wildman–Crippen LogP) is 4.30. The number of rotatable bonds is 3. The summed E-state index contributed by atoms with van der Waals surface area (Å²) in [6.07, 6.45) is -3.66. The number of benzene rings is 1. The third-order valence-corrected chi connectivity index (χ3v) is 5.59. The molecule has 0 saturated heterocycles. The number of hydrogen-bond acceptors (Lipinski definition) is 5. The summed E-state index contributed by atoms with van der Waals surface area (Å²) in [5.41, 5.74) is -0.192. The quantitative estimate of drug-likeness (QED) is 0.721. The highest BCUT2D eigenvalue weighted by molar-refractivity contribution is 6.12. The Morgan fingerprint density at radius 1 is 1.21 bits per heavy atom. The Bertz CT molecular complexity index is 1250. The van der Waals surface area contributed by atoms with Crippen molar-refractivity contribution in [3.63, 3.8) is 0 Å². The van der Waals surface area contributed by atoms with E-state index in [1.807, 2.05) is 6.07 Å². The van der Waals surface area contributed by atoms with Gasteiger partial charge in [0.2, 0.25) is 0 Å². The minimum atomic E-state index is -4.75. The number of ketones is 1. The molecule has 1 aliphatic carbocycles. The smallest absolute Gasteiger partial charge is 0.338 e. The standard InChI is InChI=1S/C23H18F3N5O3/c1-2-28-21(33)31-20(14-5-3-13(12-27)4-6-14)19-16(7-8-17(19)32)30(22(31)34)15-9-10-29-18(11-15)23(24,25)26/h3-6,9-11,20H,2,7-8H2,1H3,(H,28,33). The SMILES string of the molecule is CCNC(=O)N1C(=O)N(c2ccnc(C(F)(F)F)c2)C2=C(C(=O)CC2)C1c1ccc(C#N)cc1. The Balaban J connectivity index is 1.92. The van der Waals surface area contributed by atoms with Gasteiger partial charge in [0.15, 0.2) is 5.78 Å². The summed E-state index contributed by atoms with van der Waals surface area (Å²) in [4.78, 5) is 44.7. The largest absolute Gasteiger partial charge is 0.433 e. The first-order chi connectivity index (χ1) is 16.2. The lowest BCUT2D eigenvalue weighted by atomic mass is 9.92. The van der Waals surface area contributed by atoms with E-state index in [9.17, 15) is 27.6 Å². The maximum absolute atomic E-state index is 13.7. The highest BCUT2D eigenvalue weighted by Gasteiger charge is 2.48. The van der Waals surface area contributed by atoms with E-state index < -0.39 is 30.0 Å². The molecule has 0 bridgehead atoms. The van der Waals surface area contributed by atoms with Crippen molar-refractivity contribution in [2.45, 2.75) is 32.0 Å². The van der Waals surface area contributed by atoms with Gasteiger partial charge in [0, 0.05) is 30.4 Å². The zero-order chi connectivity index (χ0) is 24.6. The molecule has 1 unspecified atom stereocenters. The van der Waals surface area contributed by atoms with Crippen LogP contribution in [0.3, 0.4) is 0 Å². The van der Waals surface area contributed by atoms with Crippen LogP contribution in [0.1, 0.15) is 42.6 Å². The molecule has 1 aliphatic heterocycles. The topological polar surface area (TPSA) is 106 Å². The Hall–Kier alpha value is -4.20. The number of imide groups is 1. The number of carbonyl (C=O) groups is 3. The minimum absolute atomic E-state index is 0.0433. The molecule has 1 N–H and O–H groups in total. The second-order valence-corrected chi connectivity index (χ2v) is 7.64. The summed E-state index contributed by atoms with van der Waals surface area (Å²) in [5.74, 6) is -0.318. The van der Waals surface area contributed by atoms with Crippen molar-refractivity contribution >= 4 is 23.5 Å². The number of Topliss-reactive ketones (excluding diaryl/α,β-unsaturated/α-hetero) is 1. The average molecular weight is 469 g/mol. The fourth-order valence-corrected chi connectivity index (χ4v) is 4.14. The van der Waals surface area contributed by atoms with Crippen molar-refractivity contribution < 1.29 is 27.6 Å². The number of anilines is 1. The molecule has 0 saturated carbocycles. The number of nitrogens with zero attached hydrogens (tertiary/aromatic N) is 4. The number of aromatic nitrogens is 1. The molecule has 1 aromatic carbocycles. The van der Waals surface area contributed by atoms with Crippen LogP contribution >= 0.6 is 0 Å². The van der Waals surface area contributed by atoms with Crippen LogP contribution in [0.2, 0.25) is 0 Å². The number of carbonyl (C=O) groups excluding carboxylic acids is 3. The van der Waals surface area contributed by atoms with Crippen molar-refractivity contribution in [2.24, 2.45) is 0 Å². The van der Waals surface area contributed by atoms with Crippen molar-refractivity contribution in [1.82, 2.24) is 15.2 Å². The highest BCUT2D eigenvalue weighted by Crippen LogP contribution is 2.45. The van der Waals surface area contributed by atoms with Gasteiger partial charge < -0.3 is 5.32 Å². The van der Waals surface area contributed by atoms with Gasteiger partial charge in [-0.1, -0.05) is 12.1 Å². The van der Waals surface area contributed by atoms with Crippen molar-refractivity contribution in [2.75, 3.05) is 11.4 Å². The van der Waals surface area contributed by atoms with Crippen LogP contribution < -0.4 is 10.2 Å². The number of halogens is 3. The first-order valence-electron chi connectivity index (χ1n) is 10.4. The van der Waals surface area contributed by atoms with Gasteiger partial charge >= 0.3 is 18.2 Å². The molecule has 0 spiro atoms. The van der Waals surface area contributed by atoms with E-state index in [4.69, 9.17) is 5.26 Å². The number of hydrogen-bond donors (Lipinski definition) is 1. The van der Waals surface area contributed by atoms with E-state index in [0.29, 0.717) is 17.2 Å². The molecule has 8 nitrogen and oxygen atoms in total. The van der Waals surface area contributed by atoms with Gasteiger partial charge in [-0.25, -0.2) is 14.5 Å². The fraction of sp³-hybridized carbons (Fsp3) is 0.261. The normalized spacial score (nSPS) is 18.1. The summed E-state index contributed by atoms with van der Waals surface area (Å²) in [5, 5.41) is 11.6. The van der Waals surface area contributed by atoms with Gasteiger partial charge in [-0.2, -0.15) is 18.4 Å². The predicted molar refractivity (Wildman–Crippen MR) is 113 cm³/mol.